The van der Waals surface area contributed by atoms with Crippen molar-refractivity contribution in [3.8, 4) is 0 Å². The van der Waals surface area contributed by atoms with Gasteiger partial charge in [-0.3, -0.25) is 4.79 Å². The van der Waals surface area contributed by atoms with E-state index in [0.717, 1.165) is 26.3 Å². The summed E-state index contributed by atoms with van der Waals surface area (Å²) in [5.41, 5.74) is 2.84. The SMILES string of the molecule is Cc1c(Br)cccc1C(=O)Cc1nc(C(C)(C)C)cs1. The van der Waals surface area contributed by atoms with Crippen LogP contribution >= 0.6 is 27.3 Å². The molecular formula is C16H18BrNOS. The van der Waals surface area contributed by atoms with Crippen LogP contribution in [0.15, 0.2) is 28.1 Å². The number of ketones is 1. The van der Waals surface area contributed by atoms with Crippen molar-refractivity contribution in [3.63, 3.8) is 0 Å². The number of benzene rings is 1. The molecule has 0 unspecified atom stereocenters. The Bertz CT molecular complexity index is 640. The van der Waals surface area contributed by atoms with Crippen LogP contribution in [-0.2, 0) is 11.8 Å². The lowest BCUT2D eigenvalue weighted by Gasteiger charge is -2.14. The van der Waals surface area contributed by atoms with Gasteiger partial charge in [-0.25, -0.2) is 4.98 Å². The van der Waals surface area contributed by atoms with E-state index < -0.39 is 0 Å². The second-order valence-electron chi connectivity index (χ2n) is 5.89. The highest BCUT2D eigenvalue weighted by Gasteiger charge is 2.19. The minimum absolute atomic E-state index is 0.0312. The van der Waals surface area contributed by atoms with E-state index in [1.165, 1.54) is 0 Å². The fourth-order valence-electron chi connectivity index (χ4n) is 1.88. The average Bonchev–Trinajstić information content (AvgIpc) is 2.81. The van der Waals surface area contributed by atoms with Crippen LogP contribution in [0, 0.1) is 6.92 Å². The van der Waals surface area contributed by atoms with E-state index in [2.05, 4.69) is 47.1 Å². The molecule has 2 rings (SSSR count). The van der Waals surface area contributed by atoms with Crippen LogP contribution in [0.5, 0.6) is 0 Å². The van der Waals surface area contributed by atoms with Crippen LogP contribution in [0.4, 0.5) is 0 Å². The lowest BCUT2D eigenvalue weighted by molar-refractivity contribution is 0.0992. The summed E-state index contributed by atoms with van der Waals surface area (Å²) < 4.78 is 0.970. The van der Waals surface area contributed by atoms with Gasteiger partial charge in [0.2, 0.25) is 0 Å². The molecule has 0 fully saturated rings. The molecule has 0 saturated heterocycles. The Morgan fingerprint density at radius 1 is 1.35 bits per heavy atom. The van der Waals surface area contributed by atoms with E-state index in [-0.39, 0.29) is 11.2 Å². The maximum absolute atomic E-state index is 12.4. The smallest absolute Gasteiger partial charge is 0.169 e. The number of rotatable bonds is 3. The highest BCUT2D eigenvalue weighted by atomic mass is 79.9. The van der Waals surface area contributed by atoms with Crippen molar-refractivity contribution in [2.45, 2.75) is 39.5 Å². The van der Waals surface area contributed by atoms with E-state index >= 15 is 0 Å². The summed E-state index contributed by atoms with van der Waals surface area (Å²) in [4.78, 5) is 17.0. The van der Waals surface area contributed by atoms with Gasteiger partial charge in [-0.1, -0.05) is 48.8 Å². The summed E-state index contributed by atoms with van der Waals surface area (Å²) in [6.45, 7) is 8.35. The number of hydrogen-bond donors (Lipinski definition) is 0. The minimum Gasteiger partial charge on any atom is -0.294 e. The molecule has 0 saturated carbocycles. The molecule has 2 aromatic rings. The number of aromatic nitrogens is 1. The molecule has 0 aliphatic carbocycles. The van der Waals surface area contributed by atoms with Gasteiger partial charge in [-0.05, 0) is 18.6 Å². The summed E-state index contributed by atoms with van der Waals surface area (Å²) in [6.07, 6.45) is 0.373. The van der Waals surface area contributed by atoms with Gasteiger partial charge in [0.15, 0.2) is 5.78 Å². The van der Waals surface area contributed by atoms with Crippen LogP contribution in [0.2, 0.25) is 0 Å². The van der Waals surface area contributed by atoms with Gasteiger partial charge in [0.05, 0.1) is 12.1 Å². The van der Waals surface area contributed by atoms with Crippen molar-refractivity contribution in [1.82, 2.24) is 4.98 Å². The molecule has 0 amide bonds. The number of halogens is 1. The minimum atomic E-state index is 0.0312. The van der Waals surface area contributed by atoms with Crippen molar-refractivity contribution < 1.29 is 4.79 Å². The van der Waals surface area contributed by atoms with Crippen LogP contribution < -0.4 is 0 Å². The molecule has 0 aliphatic heterocycles. The van der Waals surface area contributed by atoms with E-state index in [1.807, 2.05) is 25.1 Å². The average molecular weight is 352 g/mol. The molecule has 1 aromatic heterocycles. The quantitative estimate of drug-likeness (QED) is 0.733. The second-order valence-corrected chi connectivity index (χ2v) is 7.69. The topological polar surface area (TPSA) is 30.0 Å². The molecule has 20 heavy (non-hydrogen) atoms. The van der Waals surface area contributed by atoms with Crippen molar-refractivity contribution >= 4 is 33.0 Å². The zero-order chi connectivity index (χ0) is 14.9. The maximum Gasteiger partial charge on any atom is 0.169 e. The molecule has 106 valence electrons. The predicted octanol–water partition coefficient (Wildman–Crippen LogP) is 4.94. The van der Waals surface area contributed by atoms with Gasteiger partial charge in [-0.15, -0.1) is 11.3 Å². The largest absolute Gasteiger partial charge is 0.294 e. The van der Waals surface area contributed by atoms with Gasteiger partial charge in [0.25, 0.3) is 0 Å². The lowest BCUT2D eigenvalue weighted by Crippen LogP contribution is -2.12. The summed E-state index contributed by atoms with van der Waals surface area (Å²) in [7, 11) is 0. The Morgan fingerprint density at radius 2 is 2.05 bits per heavy atom. The van der Waals surface area contributed by atoms with Crippen molar-refractivity contribution in [2.75, 3.05) is 0 Å². The number of hydrogen-bond acceptors (Lipinski definition) is 3. The number of nitrogens with zero attached hydrogens (tertiary/aromatic N) is 1. The van der Waals surface area contributed by atoms with E-state index in [0.29, 0.717) is 6.42 Å². The first-order valence-electron chi connectivity index (χ1n) is 6.52. The van der Waals surface area contributed by atoms with Crippen LogP contribution in [0.1, 0.15) is 47.4 Å². The van der Waals surface area contributed by atoms with Gasteiger partial charge in [0, 0.05) is 20.8 Å². The molecular weight excluding hydrogens is 334 g/mol. The van der Waals surface area contributed by atoms with Crippen LogP contribution in [0.25, 0.3) is 0 Å². The van der Waals surface area contributed by atoms with Crippen molar-refractivity contribution in [2.24, 2.45) is 0 Å². The maximum atomic E-state index is 12.4. The summed E-state index contributed by atoms with van der Waals surface area (Å²) in [5.74, 6) is 0.124. The third kappa shape index (κ3) is 3.36. The summed E-state index contributed by atoms with van der Waals surface area (Å²) >= 11 is 5.03. The molecule has 4 heteroatoms. The fourth-order valence-corrected chi connectivity index (χ4v) is 3.26. The monoisotopic (exact) mass is 351 g/mol. The molecule has 0 spiro atoms. The van der Waals surface area contributed by atoms with Gasteiger partial charge in [-0.2, -0.15) is 0 Å². The van der Waals surface area contributed by atoms with Gasteiger partial charge < -0.3 is 0 Å². The third-order valence-electron chi connectivity index (χ3n) is 3.20. The molecule has 0 radical (unpaired) electrons. The molecule has 1 aromatic carbocycles. The summed E-state index contributed by atoms with van der Waals surface area (Å²) in [6, 6.07) is 5.72. The number of thiazole rings is 1. The zero-order valence-corrected chi connectivity index (χ0v) is 14.6. The number of carbonyl (C=O) groups is 1. The number of carbonyl (C=O) groups excluding carboxylic acids is 1. The first kappa shape index (κ1) is 15.4. The zero-order valence-electron chi connectivity index (χ0n) is 12.2. The van der Waals surface area contributed by atoms with Crippen LogP contribution in [-0.4, -0.2) is 10.8 Å². The molecule has 0 bridgehead atoms. The normalized spacial score (nSPS) is 11.7. The lowest BCUT2D eigenvalue weighted by atomic mass is 9.93. The fraction of sp³-hybridized carbons (Fsp3) is 0.375. The molecule has 2 nitrogen and oxygen atoms in total. The molecule has 0 atom stereocenters. The highest BCUT2D eigenvalue weighted by Crippen LogP contribution is 2.25. The second kappa shape index (κ2) is 5.78. The Labute approximate surface area is 132 Å². The Kier molecular flexibility index (Phi) is 4.45. The Morgan fingerprint density at radius 3 is 2.65 bits per heavy atom. The molecule has 0 N–H and O–H groups in total. The first-order valence-corrected chi connectivity index (χ1v) is 8.19. The molecule has 1 heterocycles. The Hall–Kier alpha value is -1.00. The predicted molar refractivity (Wildman–Crippen MR) is 87.7 cm³/mol. The first-order chi connectivity index (χ1) is 9.29. The summed E-state index contributed by atoms with van der Waals surface area (Å²) in [5, 5.41) is 2.94. The van der Waals surface area contributed by atoms with E-state index in [1.54, 1.807) is 11.3 Å². The van der Waals surface area contributed by atoms with E-state index in [9.17, 15) is 4.79 Å². The van der Waals surface area contributed by atoms with Gasteiger partial charge in [0.1, 0.15) is 5.01 Å². The van der Waals surface area contributed by atoms with E-state index in [4.69, 9.17) is 0 Å². The van der Waals surface area contributed by atoms with Gasteiger partial charge >= 0.3 is 0 Å². The van der Waals surface area contributed by atoms with Crippen LogP contribution in [0.3, 0.4) is 0 Å². The number of Topliss-reactive ketones (excluding diaryl/α,β-unsaturated/α-hetero) is 1. The Balaban J connectivity index is 2.20. The standard InChI is InChI=1S/C16H18BrNOS/c1-10-11(6-5-7-12(10)17)13(19)8-15-18-14(9-20-15)16(2,3)4/h5-7,9H,8H2,1-4H3. The third-order valence-corrected chi connectivity index (χ3v) is 4.91. The highest BCUT2D eigenvalue weighted by molar-refractivity contribution is 9.10. The molecule has 0 aliphatic rings. The van der Waals surface area contributed by atoms with Crippen molar-refractivity contribution in [3.05, 3.63) is 49.9 Å². The van der Waals surface area contributed by atoms with Crippen molar-refractivity contribution in [1.29, 1.82) is 0 Å².